The molecule has 0 bridgehead atoms. The van der Waals surface area contributed by atoms with Gasteiger partial charge in [-0.2, -0.15) is 0 Å². The van der Waals surface area contributed by atoms with Crippen molar-refractivity contribution in [1.29, 1.82) is 0 Å². The van der Waals surface area contributed by atoms with Crippen molar-refractivity contribution in [2.75, 3.05) is 19.0 Å². The Morgan fingerprint density at radius 3 is 2.59 bits per heavy atom. The quantitative estimate of drug-likeness (QED) is 0.660. The molecule has 1 atom stereocenters. The van der Waals surface area contributed by atoms with Crippen LogP contribution >= 0.6 is 0 Å². The fourth-order valence-electron chi connectivity index (χ4n) is 1.11. The first-order valence-corrected chi connectivity index (χ1v) is 4.99. The molecule has 6 heteroatoms. The van der Waals surface area contributed by atoms with Crippen LogP contribution < -0.4 is 10.6 Å². The minimum absolute atomic E-state index is 0.203. The number of ether oxygens (including phenoxy) is 1. The summed E-state index contributed by atoms with van der Waals surface area (Å²) < 4.78 is 4.30. The molecule has 3 N–H and O–H groups in total. The topological polar surface area (TPSA) is 87.7 Å². The monoisotopic (exact) mass is 238 g/mol. The number of hydrogen-bond acceptors (Lipinski definition) is 4. The zero-order valence-corrected chi connectivity index (χ0v) is 9.34. The number of esters is 1. The normalized spacial score (nSPS) is 11.4. The Hall–Kier alpha value is -2.08. The van der Waals surface area contributed by atoms with Crippen LogP contribution in [0, 0.1) is 0 Å². The zero-order chi connectivity index (χ0) is 12.7. The van der Waals surface area contributed by atoms with Gasteiger partial charge in [0.2, 0.25) is 0 Å². The number of methoxy groups -OCH3 is 1. The lowest BCUT2D eigenvalue weighted by atomic mass is 10.3. The zero-order valence-electron chi connectivity index (χ0n) is 9.34. The third-order valence-corrected chi connectivity index (χ3v) is 1.96. The maximum absolute atomic E-state index is 11.3. The molecular formula is C11H14N2O4. The second-order valence-electron chi connectivity index (χ2n) is 3.24. The van der Waals surface area contributed by atoms with E-state index in [-0.39, 0.29) is 6.54 Å². The lowest BCUT2D eigenvalue weighted by molar-refractivity contribution is -0.149. The Morgan fingerprint density at radius 2 is 2.00 bits per heavy atom. The van der Waals surface area contributed by atoms with Crippen LogP contribution in [0.1, 0.15) is 0 Å². The molecule has 6 nitrogen and oxygen atoms in total. The van der Waals surface area contributed by atoms with E-state index in [0.29, 0.717) is 5.69 Å². The predicted octanol–water partition coefficient (Wildman–Crippen LogP) is 0.342. The first-order chi connectivity index (χ1) is 8.13. The molecule has 0 saturated heterocycles. The van der Waals surface area contributed by atoms with E-state index in [1.165, 1.54) is 0 Å². The Balaban J connectivity index is 2.33. The number of para-hydroxylation sites is 1. The van der Waals surface area contributed by atoms with Crippen LogP contribution in [0.15, 0.2) is 30.3 Å². The Labute approximate surface area is 98.6 Å². The molecule has 0 spiro atoms. The summed E-state index contributed by atoms with van der Waals surface area (Å²) in [5, 5.41) is 14.1. The average molecular weight is 238 g/mol. The Kier molecular flexibility index (Phi) is 4.96. The van der Waals surface area contributed by atoms with Crippen LogP contribution in [-0.4, -0.2) is 36.9 Å². The van der Waals surface area contributed by atoms with Crippen LogP contribution in [0.3, 0.4) is 0 Å². The molecule has 1 unspecified atom stereocenters. The SMILES string of the molecule is COC(=O)C(O)CNC(=O)Nc1ccccc1. The average Bonchev–Trinajstić information content (AvgIpc) is 2.36. The van der Waals surface area contributed by atoms with Gasteiger partial charge in [0.15, 0.2) is 6.10 Å². The molecule has 92 valence electrons. The number of urea groups is 1. The summed E-state index contributed by atoms with van der Waals surface area (Å²) in [7, 11) is 1.16. The van der Waals surface area contributed by atoms with Gasteiger partial charge in [-0.05, 0) is 12.1 Å². The molecule has 1 aromatic carbocycles. The minimum atomic E-state index is -1.36. The van der Waals surface area contributed by atoms with Gasteiger partial charge in [0, 0.05) is 5.69 Å². The standard InChI is InChI=1S/C11H14N2O4/c1-17-10(15)9(14)7-12-11(16)13-8-5-3-2-4-6-8/h2-6,9,14H,7H2,1H3,(H2,12,13,16). The van der Waals surface area contributed by atoms with Crippen molar-refractivity contribution in [3.05, 3.63) is 30.3 Å². The maximum atomic E-state index is 11.3. The first kappa shape index (κ1) is 13.0. The van der Waals surface area contributed by atoms with E-state index < -0.39 is 18.1 Å². The van der Waals surface area contributed by atoms with Crippen molar-refractivity contribution in [3.8, 4) is 0 Å². The molecule has 2 amide bonds. The molecule has 17 heavy (non-hydrogen) atoms. The van der Waals surface area contributed by atoms with Crippen LogP contribution in [0.2, 0.25) is 0 Å². The largest absolute Gasteiger partial charge is 0.467 e. The van der Waals surface area contributed by atoms with Crippen molar-refractivity contribution < 1.29 is 19.4 Å². The number of rotatable bonds is 4. The molecular weight excluding hydrogens is 224 g/mol. The molecule has 1 rings (SSSR count). The highest BCUT2D eigenvalue weighted by atomic mass is 16.5. The molecule has 0 aliphatic rings. The van der Waals surface area contributed by atoms with Gasteiger partial charge in [-0.1, -0.05) is 18.2 Å². The molecule has 0 saturated carbocycles. The molecule has 0 heterocycles. The van der Waals surface area contributed by atoms with E-state index in [1.54, 1.807) is 24.3 Å². The van der Waals surface area contributed by atoms with Crippen LogP contribution in [-0.2, 0) is 9.53 Å². The number of anilines is 1. The number of hydrogen-bond donors (Lipinski definition) is 3. The van der Waals surface area contributed by atoms with E-state index in [1.807, 2.05) is 6.07 Å². The van der Waals surface area contributed by atoms with Crippen LogP contribution in [0.5, 0.6) is 0 Å². The number of aliphatic hydroxyl groups is 1. The van der Waals surface area contributed by atoms with E-state index in [2.05, 4.69) is 15.4 Å². The number of nitrogens with one attached hydrogen (secondary N) is 2. The predicted molar refractivity (Wildman–Crippen MR) is 61.5 cm³/mol. The fourth-order valence-corrected chi connectivity index (χ4v) is 1.11. The molecule has 0 aliphatic carbocycles. The summed E-state index contributed by atoms with van der Waals surface area (Å²) in [6.07, 6.45) is -1.36. The van der Waals surface area contributed by atoms with E-state index >= 15 is 0 Å². The van der Waals surface area contributed by atoms with Gasteiger partial charge in [0.25, 0.3) is 0 Å². The van der Waals surface area contributed by atoms with Crippen molar-refractivity contribution in [3.63, 3.8) is 0 Å². The van der Waals surface area contributed by atoms with Gasteiger partial charge in [0.1, 0.15) is 0 Å². The summed E-state index contributed by atoms with van der Waals surface area (Å²) in [4.78, 5) is 22.2. The highest BCUT2D eigenvalue weighted by molar-refractivity contribution is 5.89. The Bertz CT molecular complexity index is 380. The molecule has 0 aliphatic heterocycles. The third kappa shape index (κ3) is 4.52. The number of amides is 2. The Morgan fingerprint density at radius 1 is 1.35 bits per heavy atom. The van der Waals surface area contributed by atoms with Crippen molar-refractivity contribution in [1.82, 2.24) is 5.32 Å². The summed E-state index contributed by atoms with van der Waals surface area (Å²) in [5.41, 5.74) is 0.623. The minimum Gasteiger partial charge on any atom is -0.467 e. The third-order valence-electron chi connectivity index (χ3n) is 1.96. The number of carbonyl (C=O) groups excluding carboxylic acids is 2. The van der Waals surface area contributed by atoms with Gasteiger partial charge in [-0.3, -0.25) is 0 Å². The highest BCUT2D eigenvalue weighted by Gasteiger charge is 2.15. The molecule has 0 aromatic heterocycles. The van der Waals surface area contributed by atoms with Gasteiger partial charge < -0.3 is 20.5 Å². The summed E-state index contributed by atoms with van der Waals surface area (Å²) >= 11 is 0. The van der Waals surface area contributed by atoms with Crippen LogP contribution in [0.4, 0.5) is 10.5 Å². The van der Waals surface area contributed by atoms with Crippen molar-refractivity contribution >= 4 is 17.7 Å². The fraction of sp³-hybridized carbons (Fsp3) is 0.273. The van der Waals surface area contributed by atoms with E-state index in [4.69, 9.17) is 0 Å². The highest BCUT2D eigenvalue weighted by Crippen LogP contribution is 2.03. The summed E-state index contributed by atoms with van der Waals surface area (Å²) in [5.74, 6) is -0.787. The number of benzene rings is 1. The van der Waals surface area contributed by atoms with Crippen LogP contribution in [0.25, 0.3) is 0 Å². The van der Waals surface area contributed by atoms with E-state index in [0.717, 1.165) is 7.11 Å². The van der Waals surface area contributed by atoms with Gasteiger partial charge in [-0.25, -0.2) is 9.59 Å². The number of carbonyl (C=O) groups is 2. The first-order valence-electron chi connectivity index (χ1n) is 4.99. The maximum Gasteiger partial charge on any atom is 0.336 e. The second-order valence-corrected chi connectivity index (χ2v) is 3.24. The summed E-state index contributed by atoms with van der Waals surface area (Å²) in [6, 6.07) is 8.31. The smallest absolute Gasteiger partial charge is 0.336 e. The molecule has 1 aromatic rings. The number of aliphatic hydroxyl groups excluding tert-OH is 1. The van der Waals surface area contributed by atoms with E-state index in [9.17, 15) is 14.7 Å². The second kappa shape index (κ2) is 6.49. The lowest BCUT2D eigenvalue weighted by Gasteiger charge is -2.10. The van der Waals surface area contributed by atoms with Gasteiger partial charge in [-0.15, -0.1) is 0 Å². The van der Waals surface area contributed by atoms with Gasteiger partial charge in [0.05, 0.1) is 13.7 Å². The molecule has 0 radical (unpaired) electrons. The van der Waals surface area contributed by atoms with Crippen molar-refractivity contribution in [2.45, 2.75) is 6.10 Å². The summed E-state index contributed by atoms with van der Waals surface area (Å²) in [6.45, 7) is -0.203. The van der Waals surface area contributed by atoms with Crippen molar-refractivity contribution in [2.24, 2.45) is 0 Å². The molecule has 0 fully saturated rings. The van der Waals surface area contributed by atoms with Gasteiger partial charge >= 0.3 is 12.0 Å². The lowest BCUT2D eigenvalue weighted by Crippen LogP contribution is -2.39.